The molecule has 0 bridgehead atoms. The van der Waals surface area contributed by atoms with E-state index in [9.17, 15) is 13.2 Å². The Bertz CT molecular complexity index is 801. The third-order valence-corrected chi connectivity index (χ3v) is 4.47. The van der Waals surface area contributed by atoms with Crippen LogP contribution in [0.3, 0.4) is 0 Å². The van der Waals surface area contributed by atoms with Gasteiger partial charge in [-0.3, -0.25) is 4.79 Å². The summed E-state index contributed by atoms with van der Waals surface area (Å²) in [7, 11) is -3.41. The van der Waals surface area contributed by atoms with Gasteiger partial charge in [0, 0.05) is 11.9 Å². The fraction of sp³-hybridized carbons (Fsp3) is 0.133. The first-order valence-corrected chi connectivity index (χ1v) is 8.31. The molecule has 3 rings (SSSR count). The number of carbonyl (C=O) groups excluding carboxylic acids is 1. The van der Waals surface area contributed by atoms with Crippen molar-refractivity contribution in [1.29, 1.82) is 0 Å². The SMILES string of the molecule is CS(=O)(=O)c1cccc2c1NC(=O)CN2c1ccccc1. The molecule has 0 unspecified atom stereocenters. The largest absolute Gasteiger partial charge is 0.330 e. The van der Waals surface area contributed by atoms with Crippen LogP contribution in [0, 0.1) is 0 Å². The first kappa shape index (κ1) is 13.6. The van der Waals surface area contributed by atoms with E-state index in [1.54, 1.807) is 12.1 Å². The van der Waals surface area contributed by atoms with E-state index in [0.29, 0.717) is 11.4 Å². The summed E-state index contributed by atoms with van der Waals surface area (Å²) >= 11 is 0. The zero-order chi connectivity index (χ0) is 15.0. The van der Waals surface area contributed by atoms with Crippen LogP contribution in [0.1, 0.15) is 0 Å². The number of nitrogens with zero attached hydrogens (tertiary/aromatic N) is 1. The first-order valence-electron chi connectivity index (χ1n) is 6.42. The quantitative estimate of drug-likeness (QED) is 0.923. The number of amides is 1. The summed E-state index contributed by atoms with van der Waals surface area (Å²) in [6, 6.07) is 14.4. The molecule has 2 aromatic carbocycles. The van der Waals surface area contributed by atoms with E-state index >= 15 is 0 Å². The Labute approximate surface area is 123 Å². The normalized spacial score (nSPS) is 14.5. The second-order valence-corrected chi connectivity index (χ2v) is 6.88. The van der Waals surface area contributed by atoms with Crippen molar-refractivity contribution in [1.82, 2.24) is 0 Å². The summed E-state index contributed by atoms with van der Waals surface area (Å²) in [6.07, 6.45) is 1.14. The molecular formula is C15H14N2O3S. The van der Waals surface area contributed by atoms with E-state index in [0.717, 1.165) is 11.9 Å². The zero-order valence-corrected chi connectivity index (χ0v) is 12.2. The van der Waals surface area contributed by atoms with Gasteiger partial charge in [0.1, 0.15) is 6.54 Å². The summed E-state index contributed by atoms with van der Waals surface area (Å²) in [4.78, 5) is 13.9. The summed E-state index contributed by atoms with van der Waals surface area (Å²) in [5.74, 6) is -0.234. The lowest BCUT2D eigenvalue weighted by Gasteiger charge is -2.31. The van der Waals surface area contributed by atoms with Crippen LogP contribution in [0.2, 0.25) is 0 Å². The monoisotopic (exact) mass is 302 g/mol. The van der Waals surface area contributed by atoms with E-state index in [1.807, 2.05) is 35.2 Å². The van der Waals surface area contributed by atoms with Gasteiger partial charge in [-0.05, 0) is 24.3 Å². The maximum atomic E-state index is 11.9. The second-order valence-electron chi connectivity index (χ2n) is 4.89. The van der Waals surface area contributed by atoms with Crippen LogP contribution in [0.25, 0.3) is 0 Å². The van der Waals surface area contributed by atoms with Gasteiger partial charge < -0.3 is 10.2 Å². The van der Waals surface area contributed by atoms with Crippen LogP contribution in [-0.4, -0.2) is 27.1 Å². The molecule has 0 atom stereocenters. The molecule has 0 radical (unpaired) electrons. The lowest BCUT2D eigenvalue weighted by Crippen LogP contribution is -2.35. The molecule has 1 amide bonds. The van der Waals surface area contributed by atoms with Gasteiger partial charge in [0.25, 0.3) is 0 Å². The Morgan fingerprint density at radius 3 is 2.43 bits per heavy atom. The fourth-order valence-electron chi connectivity index (χ4n) is 2.43. The molecule has 108 valence electrons. The first-order chi connectivity index (χ1) is 9.97. The summed E-state index contributed by atoms with van der Waals surface area (Å²) < 4.78 is 23.8. The Morgan fingerprint density at radius 1 is 1.05 bits per heavy atom. The molecule has 0 spiro atoms. The molecule has 0 fully saturated rings. The fourth-order valence-corrected chi connectivity index (χ4v) is 3.28. The highest BCUT2D eigenvalue weighted by Crippen LogP contribution is 2.38. The average Bonchev–Trinajstić information content (AvgIpc) is 2.45. The molecule has 1 aliphatic rings. The van der Waals surface area contributed by atoms with Crippen molar-refractivity contribution in [3.63, 3.8) is 0 Å². The maximum Gasteiger partial charge on any atom is 0.244 e. The highest BCUT2D eigenvalue weighted by Gasteiger charge is 2.27. The molecule has 1 N–H and O–H groups in total. The predicted molar refractivity (Wildman–Crippen MR) is 81.6 cm³/mol. The molecular weight excluding hydrogens is 288 g/mol. The van der Waals surface area contributed by atoms with E-state index in [1.165, 1.54) is 6.07 Å². The zero-order valence-electron chi connectivity index (χ0n) is 11.4. The van der Waals surface area contributed by atoms with Crippen LogP contribution in [0.4, 0.5) is 17.1 Å². The van der Waals surface area contributed by atoms with Gasteiger partial charge >= 0.3 is 0 Å². The van der Waals surface area contributed by atoms with Crippen LogP contribution in [0.15, 0.2) is 53.4 Å². The number of carbonyl (C=O) groups is 1. The number of nitrogens with one attached hydrogen (secondary N) is 1. The molecule has 0 aromatic heterocycles. The van der Waals surface area contributed by atoms with Gasteiger partial charge in [-0.25, -0.2) is 8.42 Å². The molecule has 0 saturated carbocycles. The third-order valence-electron chi connectivity index (χ3n) is 3.33. The highest BCUT2D eigenvalue weighted by atomic mass is 32.2. The summed E-state index contributed by atoms with van der Waals surface area (Å²) in [6.45, 7) is 0.157. The van der Waals surface area contributed by atoms with E-state index in [4.69, 9.17) is 0 Å². The molecule has 5 nitrogen and oxygen atoms in total. The van der Waals surface area contributed by atoms with Crippen molar-refractivity contribution in [3.8, 4) is 0 Å². The van der Waals surface area contributed by atoms with Gasteiger partial charge in [0.05, 0.1) is 16.3 Å². The minimum Gasteiger partial charge on any atom is -0.330 e. The summed E-state index contributed by atoms with van der Waals surface area (Å²) in [5, 5.41) is 2.68. The average molecular weight is 302 g/mol. The van der Waals surface area contributed by atoms with Gasteiger partial charge in [0.15, 0.2) is 9.84 Å². The minimum atomic E-state index is -3.41. The number of hydrogen-bond acceptors (Lipinski definition) is 4. The van der Waals surface area contributed by atoms with Crippen LogP contribution in [-0.2, 0) is 14.6 Å². The lowest BCUT2D eigenvalue weighted by molar-refractivity contribution is -0.115. The topological polar surface area (TPSA) is 66.5 Å². The van der Waals surface area contributed by atoms with Crippen molar-refractivity contribution in [2.75, 3.05) is 23.0 Å². The lowest BCUT2D eigenvalue weighted by atomic mass is 10.1. The van der Waals surface area contributed by atoms with Gasteiger partial charge in [-0.2, -0.15) is 0 Å². The Morgan fingerprint density at radius 2 is 1.76 bits per heavy atom. The Balaban J connectivity index is 2.21. The van der Waals surface area contributed by atoms with E-state index in [2.05, 4.69) is 5.32 Å². The van der Waals surface area contributed by atoms with Gasteiger partial charge in [-0.15, -0.1) is 0 Å². The minimum absolute atomic E-state index is 0.133. The standard InChI is InChI=1S/C15H14N2O3S/c1-21(19,20)13-9-5-8-12-15(13)16-14(18)10-17(12)11-6-3-2-4-7-11/h2-9H,10H2,1H3,(H,16,18). The van der Waals surface area contributed by atoms with Crippen LogP contribution >= 0.6 is 0 Å². The Kier molecular flexibility index (Phi) is 3.17. The van der Waals surface area contributed by atoms with Crippen LogP contribution < -0.4 is 10.2 Å². The van der Waals surface area contributed by atoms with Crippen LogP contribution in [0.5, 0.6) is 0 Å². The maximum absolute atomic E-state index is 11.9. The van der Waals surface area contributed by atoms with Crippen molar-refractivity contribution < 1.29 is 13.2 Å². The smallest absolute Gasteiger partial charge is 0.244 e. The van der Waals surface area contributed by atoms with Crippen molar-refractivity contribution in [3.05, 3.63) is 48.5 Å². The van der Waals surface area contributed by atoms with Crippen molar-refractivity contribution in [2.24, 2.45) is 0 Å². The molecule has 1 heterocycles. The van der Waals surface area contributed by atoms with Gasteiger partial charge in [0.2, 0.25) is 5.91 Å². The number of anilines is 3. The molecule has 0 aliphatic carbocycles. The molecule has 6 heteroatoms. The number of benzene rings is 2. The molecule has 1 aliphatic heterocycles. The van der Waals surface area contributed by atoms with E-state index in [-0.39, 0.29) is 17.3 Å². The Hall–Kier alpha value is -2.34. The predicted octanol–water partition coefficient (Wildman–Crippen LogP) is 2.18. The van der Waals surface area contributed by atoms with Crippen molar-refractivity contribution >= 4 is 32.8 Å². The molecule has 21 heavy (non-hydrogen) atoms. The highest BCUT2D eigenvalue weighted by molar-refractivity contribution is 7.90. The van der Waals surface area contributed by atoms with E-state index < -0.39 is 9.84 Å². The number of sulfone groups is 1. The molecule has 2 aromatic rings. The second kappa shape index (κ2) is 4.89. The molecule has 0 saturated heterocycles. The number of rotatable bonds is 2. The number of para-hydroxylation sites is 2. The third kappa shape index (κ3) is 2.50. The summed E-state index contributed by atoms with van der Waals surface area (Å²) in [5.41, 5.74) is 1.88. The number of fused-ring (bicyclic) bond motifs is 1. The van der Waals surface area contributed by atoms with Crippen molar-refractivity contribution in [2.45, 2.75) is 4.90 Å². The number of hydrogen-bond donors (Lipinski definition) is 1. The van der Waals surface area contributed by atoms with Gasteiger partial charge in [-0.1, -0.05) is 24.3 Å².